The number of benzene rings is 1. The number of carboxylic acid groups (broad SMARTS) is 1. The van der Waals surface area contributed by atoms with Crippen molar-refractivity contribution in [2.75, 3.05) is 11.9 Å². The molecule has 0 aliphatic carbocycles. The highest BCUT2D eigenvalue weighted by Gasteiger charge is 2.13. The molecule has 1 rings (SSSR count). The van der Waals surface area contributed by atoms with E-state index in [0.717, 1.165) is 18.4 Å². The van der Waals surface area contributed by atoms with E-state index in [1.165, 1.54) is 83.1 Å². The normalized spacial score (nSPS) is 10.7. The fourth-order valence-electron chi connectivity index (χ4n) is 3.55. The summed E-state index contributed by atoms with van der Waals surface area (Å²) in [5, 5.41) is 11.8. The van der Waals surface area contributed by atoms with Crippen molar-refractivity contribution in [1.82, 2.24) is 0 Å². The largest absolute Gasteiger partial charge is 0.478 e. The van der Waals surface area contributed by atoms with Gasteiger partial charge in [-0.15, -0.1) is 0 Å². The molecule has 1 amide bonds. The Morgan fingerprint density at radius 3 is 1.83 bits per heavy atom. The molecule has 0 aliphatic heterocycles. The molecule has 0 bridgehead atoms. The van der Waals surface area contributed by atoms with E-state index in [9.17, 15) is 14.7 Å². The van der Waals surface area contributed by atoms with E-state index in [1.807, 2.05) is 6.92 Å². The number of unbranched alkanes of at least 4 members (excludes halogenated alkanes) is 13. The summed E-state index contributed by atoms with van der Waals surface area (Å²) < 4.78 is 5.18. The first kappa shape index (κ1) is 26.0. The van der Waals surface area contributed by atoms with Gasteiger partial charge in [0.15, 0.2) is 0 Å². The van der Waals surface area contributed by atoms with Crippen LogP contribution in [0.5, 0.6) is 0 Å². The minimum Gasteiger partial charge on any atom is -0.478 e. The first-order valence-electron chi connectivity index (χ1n) is 11.8. The quantitative estimate of drug-likeness (QED) is 0.253. The molecular weight excluding hydrogens is 378 g/mol. The molecule has 2 N–H and O–H groups in total. The van der Waals surface area contributed by atoms with Gasteiger partial charge in [-0.2, -0.15) is 0 Å². The monoisotopic (exact) mass is 419 g/mol. The minimum atomic E-state index is -1.07. The van der Waals surface area contributed by atoms with Crippen LogP contribution in [0.4, 0.5) is 10.5 Å². The van der Waals surface area contributed by atoms with Gasteiger partial charge in [-0.1, -0.05) is 102 Å². The number of amides is 1. The summed E-state index contributed by atoms with van der Waals surface area (Å²) >= 11 is 0. The maximum Gasteiger partial charge on any atom is 0.411 e. The molecule has 0 radical (unpaired) electrons. The maximum absolute atomic E-state index is 11.9. The van der Waals surface area contributed by atoms with E-state index in [-0.39, 0.29) is 11.3 Å². The second-order valence-electron chi connectivity index (χ2n) is 8.21. The topological polar surface area (TPSA) is 75.6 Å². The highest BCUT2D eigenvalue weighted by Crippen LogP contribution is 2.18. The smallest absolute Gasteiger partial charge is 0.411 e. The summed E-state index contributed by atoms with van der Waals surface area (Å²) in [5.41, 5.74) is 1.16. The fraction of sp³-hybridized carbons (Fsp3) is 0.680. The molecule has 0 unspecified atom stereocenters. The number of aryl methyl sites for hydroxylation is 1. The highest BCUT2D eigenvalue weighted by molar-refractivity contribution is 5.98. The second-order valence-corrected chi connectivity index (χ2v) is 8.21. The summed E-state index contributed by atoms with van der Waals surface area (Å²) in [6.07, 6.45) is 17.3. The van der Waals surface area contributed by atoms with E-state index in [1.54, 1.807) is 12.1 Å². The highest BCUT2D eigenvalue weighted by atomic mass is 16.5. The molecule has 0 fully saturated rings. The van der Waals surface area contributed by atoms with Crippen molar-refractivity contribution < 1.29 is 19.4 Å². The second kappa shape index (κ2) is 16.7. The van der Waals surface area contributed by atoms with E-state index in [4.69, 9.17) is 4.74 Å². The van der Waals surface area contributed by atoms with Gasteiger partial charge in [0.25, 0.3) is 0 Å². The van der Waals surface area contributed by atoms with Crippen LogP contribution in [0.3, 0.4) is 0 Å². The Balaban J connectivity index is 1.97. The van der Waals surface area contributed by atoms with Gasteiger partial charge in [0.1, 0.15) is 0 Å². The molecule has 0 spiro atoms. The number of hydrogen-bond acceptors (Lipinski definition) is 3. The number of ether oxygens (including phenoxy) is 1. The molecule has 0 saturated carbocycles. The van der Waals surface area contributed by atoms with Crippen LogP contribution in [0, 0.1) is 6.92 Å². The average molecular weight is 420 g/mol. The molecule has 5 heteroatoms. The van der Waals surface area contributed by atoms with Crippen LogP contribution in [0.15, 0.2) is 18.2 Å². The number of aromatic carboxylic acids is 1. The first-order chi connectivity index (χ1) is 14.5. The lowest BCUT2D eigenvalue weighted by Crippen LogP contribution is -2.16. The molecule has 5 nitrogen and oxygen atoms in total. The molecule has 30 heavy (non-hydrogen) atoms. The Labute approximate surface area is 182 Å². The van der Waals surface area contributed by atoms with Gasteiger partial charge in [0, 0.05) is 0 Å². The molecule has 0 aromatic heterocycles. The lowest BCUT2D eigenvalue weighted by atomic mass is 10.0. The van der Waals surface area contributed by atoms with Gasteiger partial charge in [0.2, 0.25) is 0 Å². The van der Waals surface area contributed by atoms with Gasteiger partial charge in [-0.3, -0.25) is 5.32 Å². The van der Waals surface area contributed by atoms with E-state index in [0.29, 0.717) is 6.61 Å². The predicted octanol–water partition coefficient (Wildman–Crippen LogP) is 7.72. The third-order valence-corrected chi connectivity index (χ3v) is 5.37. The van der Waals surface area contributed by atoms with Crippen LogP contribution < -0.4 is 5.32 Å². The van der Waals surface area contributed by atoms with Crippen LogP contribution in [0.25, 0.3) is 0 Å². The Morgan fingerprint density at radius 2 is 1.33 bits per heavy atom. The lowest BCUT2D eigenvalue weighted by Gasteiger charge is -2.10. The van der Waals surface area contributed by atoms with Crippen molar-refractivity contribution in [1.29, 1.82) is 0 Å². The number of carboxylic acids is 1. The van der Waals surface area contributed by atoms with Crippen LogP contribution in [-0.4, -0.2) is 23.8 Å². The number of nitrogens with one attached hydrogen (secondary N) is 1. The van der Waals surface area contributed by atoms with Gasteiger partial charge in [0.05, 0.1) is 17.9 Å². The van der Waals surface area contributed by atoms with Crippen molar-refractivity contribution in [2.24, 2.45) is 0 Å². The number of carbonyl (C=O) groups excluding carboxylic acids is 1. The van der Waals surface area contributed by atoms with Gasteiger partial charge < -0.3 is 9.84 Å². The van der Waals surface area contributed by atoms with Crippen molar-refractivity contribution in [3.8, 4) is 0 Å². The minimum absolute atomic E-state index is 0.0726. The summed E-state index contributed by atoms with van der Waals surface area (Å²) in [5.74, 6) is -1.07. The number of anilines is 1. The Kier molecular flexibility index (Phi) is 14.5. The average Bonchev–Trinajstić information content (AvgIpc) is 2.72. The number of hydrogen-bond donors (Lipinski definition) is 2. The summed E-state index contributed by atoms with van der Waals surface area (Å²) in [4.78, 5) is 23.2. The van der Waals surface area contributed by atoms with Crippen molar-refractivity contribution in [3.63, 3.8) is 0 Å². The molecule has 0 atom stereocenters. The zero-order valence-electron chi connectivity index (χ0n) is 19.0. The van der Waals surface area contributed by atoms with Crippen LogP contribution in [-0.2, 0) is 4.74 Å². The Morgan fingerprint density at radius 1 is 0.833 bits per heavy atom. The zero-order valence-corrected chi connectivity index (χ0v) is 19.0. The summed E-state index contributed by atoms with van der Waals surface area (Å²) in [7, 11) is 0. The van der Waals surface area contributed by atoms with Crippen LogP contribution in [0.1, 0.15) is 113 Å². The van der Waals surface area contributed by atoms with Gasteiger partial charge in [-0.25, -0.2) is 9.59 Å². The molecule has 1 aromatic rings. The third-order valence-electron chi connectivity index (χ3n) is 5.37. The first-order valence-corrected chi connectivity index (χ1v) is 11.8. The van der Waals surface area contributed by atoms with Gasteiger partial charge >= 0.3 is 12.1 Å². The number of carbonyl (C=O) groups is 2. The van der Waals surface area contributed by atoms with Crippen molar-refractivity contribution in [2.45, 2.75) is 104 Å². The molecule has 1 aromatic carbocycles. The third kappa shape index (κ3) is 12.5. The molecule has 170 valence electrons. The van der Waals surface area contributed by atoms with E-state index in [2.05, 4.69) is 12.2 Å². The summed E-state index contributed by atoms with van der Waals surface area (Å²) in [6, 6.07) is 4.88. The summed E-state index contributed by atoms with van der Waals surface area (Å²) in [6.45, 7) is 4.43. The predicted molar refractivity (Wildman–Crippen MR) is 123 cm³/mol. The standard InChI is InChI=1S/C25H41NO4/c1-3-4-5-6-7-8-9-10-11-12-13-14-15-16-19-30-25(29)26-23-18-17-21(2)20-22(23)24(27)28/h17-18,20H,3-16,19H2,1-2H3,(H,26,29)(H,27,28). The van der Waals surface area contributed by atoms with E-state index < -0.39 is 12.1 Å². The molecule has 0 saturated heterocycles. The molecule has 0 aliphatic rings. The zero-order chi connectivity index (χ0) is 22.0. The fourth-order valence-corrected chi connectivity index (χ4v) is 3.55. The van der Waals surface area contributed by atoms with Gasteiger partial charge in [-0.05, 0) is 25.5 Å². The van der Waals surface area contributed by atoms with Crippen molar-refractivity contribution in [3.05, 3.63) is 29.3 Å². The SMILES string of the molecule is CCCCCCCCCCCCCCCCOC(=O)Nc1ccc(C)cc1C(=O)O. The molecular formula is C25H41NO4. The number of rotatable bonds is 17. The van der Waals surface area contributed by atoms with Crippen LogP contribution >= 0.6 is 0 Å². The van der Waals surface area contributed by atoms with Crippen LogP contribution in [0.2, 0.25) is 0 Å². The lowest BCUT2D eigenvalue weighted by molar-refractivity contribution is 0.0698. The molecule has 0 heterocycles. The Bertz CT molecular complexity index is 615. The maximum atomic E-state index is 11.9. The Hall–Kier alpha value is -2.04. The van der Waals surface area contributed by atoms with Crippen molar-refractivity contribution >= 4 is 17.7 Å². The van der Waals surface area contributed by atoms with E-state index >= 15 is 0 Å².